The van der Waals surface area contributed by atoms with Crippen molar-refractivity contribution >= 4 is 11.9 Å². The Morgan fingerprint density at radius 3 is 1.32 bits per heavy atom. The first-order valence-electron chi connectivity index (χ1n) is 26.2. The summed E-state index contributed by atoms with van der Waals surface area (Å²) in [7, 11) is 0. The first-order chi connectivity index (χ1) is 29.5. The molecule has 0 spiro atoms. The van der Waals surface area contributed by atoms with Gasteiger partial charge in [0, 0.05) is 12.8 Å². The molecular formula is C54H101NO5. The van der Waals surface area contributed by atoms with Crippen molar-refractivity contribution in [2.75, 3.05) is 13.2 Å². The van der Waals surface area contributed by atoms with Gasteiger partial charge in [0.2, 0.25) is 5.91 Å². The van der Waals surface area contributed by atoms with Crippen molar-refractivity contribution in [1.82, 2.24) is 5.32 Å². The lowest BCUT2D eigenvalue weighted by Gasteiger charge is -2.22. The first kappa shape index (κ1) is 58.1. The van der Waals surface area contributed by atoms with E-state index in [9.17, 15) is 19.8 Å². The quantitative estimate of drug-likeness (QED) is 0.0322. The minimum Gasteiger partial charge on any atom is -0.466 e. The Hall–Kier alpha value is -1.92. The van der Waals surface area contributed by atoms with Gasteiger partial charge in [-0.25, -0.2) is 0 Å². The molecule has 0 aromatic heterocycles. The van der Waals surface area contributed by atoms with Crippen molar-refractivity contribution < 1.29 is 24.5 Å². The van der Waals surface area contributed by atoms with Gasteiger partial charge in [0.15, 0.2) is 0 Å². The molecule has 0 aliphatic rings. The molecule has 0 aromatic rings. The molecule has 352 valence electrons. The zero-order chi connectivity index (χ0) is 43.7. The van der Waals surface area contributed by atoms with Crippen LogP contribution in [0, 0.1) is 0 Å². The second-order valence-electron chi connectivity index (χ2n) is 17.8. The van der Waals surface area contributed by atoms with E-state index < -0.39 is 12.1 Å². The lowest BCUT2D eigenvalue weighted by atomic mass is 10.0. The summed E-state index contributed by atoms with van der Waals surface area (Å²) < 4.78 is 5.46. The number of hydrogen-bond donors (Lipinski definition) is 3. The zero-order valence-electron chi connectivity index (χ0n) is 39.9. The molecule has 0 aliphatic carbocycles. The Morgan fingerprint density at radius 1 is 0.467 bits per heavy atom. The largest absolute Gasteiger partial charge is 0.466 e. The van der Waals surface area contributed by atoms with E-state index in [-0.39, 0.29) is 18.5 Å². The molecule has 2 atom stereocenters. The Labute approximate surface area is 373 Å². The molecule has 6 heteroatoms. The summed E-state index contributed by atoms with van der Waals surface area (Å²) in [5, 5.41) is 23.1. The smallest absolute Gasteiger partial charge is 0.305 e. The number of ether oxygens (including phenoxy) is 1. The predicted octanol–water partition coefficient (Wildman–Crippen LogP) is 15.7. The Balaban J connectivity index is 3.47. The maximum atomic E-state index is 12.4. The number of amides is 1. The Kier molecular flexibility index (Phi) is 48.1. The fourth-order valence-corrected chi connectivity index (χ4v) is 7.84. The average molecular weight is 844 g/mol. The van der Waals surface area contributed by atoms with Crippen LogP contribution in [0.5, 0.6) is 0 Å². The Morgan fingerprint density at radius 2 is 0.833 bits per heavy atom. The maximum absolute atomic E-state index is 12.4. The van der Waals surface area contributed by atoms with Crippen LogP contribution in [0.15, 0.2) is 36.5 Å². The van der Waals surface area contributed by atoms with Crippen LogP contribution in [0.3, 0.4) is 0 Å². The van der Waals surface area contributed by atoms with Gasteiger partial charge in [-0.3, -0.25) is 9.59 Å². The second kappa shape index (κ2) is 49.7. The number of nitrogens with one attached hydrogen (secondary N) is 1. The lowest BCUT2D eigenvalue weighted by molar-refractivity contribution is -0.143. The lowest BCUT2D eigenvalue weighted by Crippen LogP contribution is -2.45. The van der Waals surface area contributed by atoms with Crippen molar-refractivity contribution in [3.05, 3.63) is 36.5 Å². The number of allylic oxidation sites excluding steroid dienone is 6. The highest BCUT2D eigenvalue weighted by molar-refractivity contribution is 5.76. The van der Waals surface area contributed by atoms with E-state index in [1.165, 1.54) is 161 Å². The molecule has 0 radical (unpaired) electrons. The van der Waals surface area contributed by atoms with Gasteiger partial charge in [0.1, 0.15) is 0 Å². The van der Waals surface area contributed by atoms with E-state index in [0.29, 0.717) is 25.9 Å². The molecule has 3 N–H and O–H groups in total. The van der Waals surface area contributed by atoms with Gasteiger partial charge in [-0.05, 0) is 83.5 Å². The maximum Gasteiger partial charge on any atom is 0.305 e. The molecule has 0 fully saturated rings. The van der Waals surface area contributed by atoms with Gasteiger partial charge in [-0.15, -0.1) is 0 Å². The van der Waals surface area contributed by atoms with Crippen LogP contribution in [0.4, 0.5) is 0 Å². The molecule has 0 aromatic carbocycles. The predicted molar refractivity (Wildman–Crippen MR) is 259 cm³/mol. The van der Waals surface area contributed by atoms with E-state index in [1.54, 1.807) is 0 Å². The topological polar surface area (TPSA) is 95.9 Å². The summed E-state index contributed by atoms with van der Waals surface area (Å²) in [4.78, 5) is 24.5. The van der Waals surface area contributed by atoms with Crippen molar-refractivity contribution in [3.63, 3.8) is 0 Å². The summed E-state index contributed by atoms with van der Waals surface area (Å²) in [5.74, 6) is -0.0708. The summed E-state index contributed by atoms with van der Waals surface area (Å²) in [6, 6.07) is -0.552. The fourth-order valence-electron chi connectivity index (χ4n) is 7.84. The molecule has 0 aliphatic heterocycles. The zero-order valence-corrected chi connectivity index (χ0v) is 39.9. The minimum atomic E-state index is -0.673. The number of carbonyl (C=O) groups excluding carboxylic acids is 2. The van der Waals surface area contributed by atoms with Crippen LogP contribution in [0.2, 0.25) is 0 Å². The van der Waals surface area contributed by atoms with Crippen LogP contribution in [-0.4, -0.2) is 47.4 Å². The summed E-state index contributed by atoms with van der Waals surface area (Å²) in [6.45, 7) is 4.87. The monoisotopic (exact) mass is 844 g/mol. The SMILES string of the molecule is CCCCC/C=C\C/C=C\CCCCCCCCCC(=O)OCCCCCC/C=C\CCCCCCCCCC(=O)NC(CO)C(O)CCCCCCCCCCCCC. The third kappa shape index (κ3) is 45.6. The molecule has 6 nitrogen and oxygen atoms in total. The van der Waals surface area contributed by atoms with Gasteiger partial charge in [0.25, 0.3) is 0 Å². The molecular weight excluding hydrogens is 743 g/mol. The fraction of sp³-hybridized carbons (Fsp3) is 0.852. The number of rotatable bonds is 48. The molecule has 0 heterocycles. The highest BCUT2D eigenvalue weighted by atomic mass is 16.5. The Bertz CT molecular complexity index is 977. The van der Waals surface area contributed by atoms with Crippen LogP contribution < -0.4 is 5.32 Å². The molecule has 2 unspecified atom stereocenters. The number of aliphatic hydroxyl groups is 2. The van der Waals surface area contributed by atoms with Crippen LogP contribution in [0.25, 0.3) is 0 Å². The van der Waals surface area contributed by atoms with Gasteiger partial charge >= 0.3 is 5.97 Å². The number of unbranched alkanes of at least 4 members (excludes halogenated alkanes) is 31. The summed E-state index contributed by atoms with van der Waals surface area (Å²) in [5.41, 5.74) is 0. The van der Waals surface area contributed by atoms with Gasteiger partial charge in [-0.2, -0.15) is 0 Å². The number of aliphatic hydroxyl groups excluding tert-OH is 2. The highest BCUT2D eigenvalue weighted by Crippen LogP contribution is 2.15. The molecule has 1 amide bonds. The normalized spacial score (nSPS) is 12.9. The van der Waals surface area contributed by atoms with Crippen molar-refractivity contribution in [3.8, 4) is 0 Å². The number of esters is 1. The first-order valence-corrected chi connectivity index (χ1v) is 26.2. The minimum absolute atomic E-state index is 0.0184. The van der Waals surface area contributed by atoms with Gasteiger partial charge in [0.05, 0.1) is 25.4 Å². The van der Waals surface area contributed by atoms with E-state index in [0.717, 1.165) is 77.0 Å². The third-order valence-corrected chi connectivity index (χ3v) is 11.9. The van der Waals surface area contributed by atoms with Gasteiger partial charge < -0.3 is 20.3 Å². The third-order valence-electron chi connectivity index (χ3n) is 11.9. The second-order valence-corrected chi connectivity index (χ2v) is 17.8. The van der Waals surface area contributed by atoms with E-state index >= 15 is 0 Å². The molecule has 0 bridgehead atoms. The van der Waals surface area contributed by atoms with Gasteiger partial charge in [-0.1, -0.05) is 211 Å². The molecule has 0 rings (SSSR count). The summed E-state index contributed by atoms with van der Waals surface area (Å²) in [6.07, 6.45) is 59.7. The van der Waals surface area contributed by atoms with Crippen LogP contribution in [0.1, 0.15) is 271 Å². The van der Waals surface area contributed by atoms with E-state index in [2.05, 4.69) is 55.6 Å². The molecule has 60 heavy (non-hydrogen) atoms. The summed E-state index contributed by atoms with van der Waals surface area (Å²) >= 11 is 0. The van der Waals surface area contributed by atoms with E-state index in [4.69, 9.17) is 4.74 Å². The van der Waals surface area contributed by atoms with E-state index in [1.807, 2.05) is 0 Å². The van der Waals surface area contributed by atoms with Crippen LogP contribution >= 0.6 is 0 Å². The number of carbonyl (C=O) groups is 2. The molecule has 0 saturated heterocycles. The van der Waals surface area contributed by atoms with Crippen LogP contribution in [-0.2, 0) is 14.3 Å². The standard InChI is InChI=1S/C54H101NO5/c1-3-5-7-9-11-13-15-16-17-18-21-24-28-32-36-40-44-48-54(59)60-49-45-41-37-33-29-25-22-19-20-23-27-31-35-39-43-47-53(58)55-51(50-56)52(57)46-42-38-34-30-26-14-12-10-8-6-4-2/h11,13,16-17,22,25,51-52,56-57H,3-10,12,14-15,18-21,23-24,26-50H2,1-2H3,(H,55,58)/b13-11-,17-16-,25-22-. The average Bonchev–Trinajstić information content (AvgIpc) is 3.25. The van der Waals surface area contributed by atoms with Crippen molar-refractivity contribution in [1.29, 1.82) is 0 Å². The van der Waals surface area contributed by atoms with Crippen molar-refractivity contribution in [2.24, 2.45) is 0 Å². The molecule has 0 saturated carbocycles. The highest BCUT2D eigenvalue weighted by Gasteiger charge is 2.20. The van der Waals surface area contributed by atoms with Crippen molar-refractivity contribution in [2.45, 2.75) is 283 Å². The number of hydrogen-bond acceptors (Lipinski definition) is 5.